The van der Waals surface area contributed by atoms with Crippen LogP contribution in [0.5, 0.6) is 0 Å². The molecule has 0 amide bonds. The predicted octanol–water partition coefficient (Wildman–Crippen LogP) is 1.90. The number of ether oxygens (including phenoxy) is 1. The van der Waals surface area contributed by atoms with Gasteiger partial charge in [0.05, 0.1) is 11.7 Å². The third-order valence-corrected chi connectivity index (χ3v) is 4.86. The fraction of sp³-hybridized carbons (Fsp3) is 1.00. The Bertz CT molecular complexity index is 263. The van der Waals surface area contributed by atoms with Crippen molar-refractivity contribution in [2.75, 3.05) is 19.6 Å². The Balaban J connectivity index is 1.50. The molecule has 3 heteroatoms. The van der Waals surface area contributed by atoms with Gasteiger partial charge in [0.1, 0.15) is 0 Å². The lowest BCUT2D eigenvalue weighted by Gasteiger charge is -2.33. The van der Waals surface area contributed by atoms with Gasteiger partial charge in [-0.15, -0.1) is 0 Å². The molecule has 98 valence electrons. The summed E-state index contributed by atoms with van der Waals surface area (Å²) in [7, 11) is 0. The Kier molecular flexibility index (Phi) is 3.42. The molecule has 2 aliphatic heterocycles. The third kappa shape index (κ3) is 2.67. The van der Waals surface area contributed by atoms with Gasteiger partial charge in [0.2, 0.25) is 0 Å². The molecule has 2 N–H and O–H groups in total. The molecule has 1 saturated carbocycles. The Morgan fingerprint density at radius 1 is 1.12 bits per heavy atom. The predicted molar refractivity (Wildman–Crippen MR) is 69.0 cm³/mol. The molecule has 0 aromatic heterocycles. The zero-order chi connectivity index (χ0) is 11.7. The number of hydrogen-bond acceptors (Lipinski definition) is 3. The molecule has 3 aliphatic rings. The van der Waals surface area contributed by atoms with Crippen molar-refractivity contribution in [1.29, 1.82) is 0 Å². The quantitative estimate of drug-likeness (QED) is 0.798. The Morgan fingerprint density at radius 3 is 2.71 bits per heavy atom. The van der Waals surface area contributed by atoms with E-state index in [1.165, 1.54) is 57.9 Å². The molecule has 2 atom stereocenters. The molecule has 1 aliphatic carbocycles. The molecular formula is C14H26N2O. The topological polar surface area (TPSA) is 38.5 Å². The number of likely N-dealkylation sites (tertiary alicyclic amines) is 1. The lowest BCUT2D eigenvalue weighted by atomic mass is 9.98. The van der Waals surface area contributed by atoms with Gasteiger partial charge in [-0.25, -0.2) is 0 Å². The van der Waals surface area contributed by atoms with Gasteiger partial charge < -0.3 is 10.5 Å². The molecule has 0 bridgehead atoms. The fourth-order valence-corrected chi connectivity index (χ4v) is 3.96. The number of nitrogens with zero attached hydrogens (tertiary/aromatic N) is 1. The summed E-state index contributed by atoms with van der Waals surface area (Å²) in [5.74, 6) is 0. The average Bonchev–Trinajstić information content (AvgIpc) is 2.90. The van der Waals surface area contributed by atoms with Crippen LogP contribution in [0.1, 0.15) is 51.4 Å². The van der Waals surface area contributed by atoms with Crippen LogP contribution < -0.4 is 5.73 Å². The molecule has 0 aromatic rings. The molecule has 2 heterocycles. The first kappa shape index (κ1) is 11.9. The van der Waals surface area contributed by atoms with Gasteiger partial charge in [-0.2, -0.15) is 0 Å². The summed E-state index contributed by atoms with van der Waals surface area (Å²) in [5, 5.41) is 0. The van der Waals surface area contributed by atoms with Crippen LogP contribution >= 0.6 is 0 Å². The van der Waals surface area contributed by atoms with E-state index >= 15 is 0 Å². The maximum atomic E-state index is 6.37. The highest BCUT2D eigenvalue weighted by atomic mass is 16.5. The molecule has 3 rings (SSSR count). The minimum atomic E-state index is 0.294. The van der Waals surface area contributed by atoms with Crippen molar-refractivity contribution >= 4 is 0 Å². The van der Waals surface area contributed by atoms with Crippen LogP contribution in [0.25, 0.3) is 0 Å². The summed E-state index contributed by atoms with van der Waals surface area (Å²) < 4.78 is 6.37. The van der Waals surface area contributed by atoms with Crippen molar-refractivity contribution < 1.29 is 4.74 Å². The number of hydrogen-bond donors (Lipinski definition) is 1. The van der Waals surface area contributed by atoms with Gasteiger partial charge >= 0.3 is 0 Å². The Hall–Kier alpha value is -0.120. The SMILES string of the molecule is NC1CCCN(CC2CCC3(CCCC3)O2)C1. The van der Waals surface area contributed by atoms with Crippen molar-refractivity contribution in [3.05, 3.63) is 0 Å². The largest absolute Gasteiger partial charge is 0.370 e. The third-order valence-electron chi connectivity index (χ3n) is 4.86. The van der Waals surface area contributed by atoms with Crippen LogP contribution in [0.15, 0.2) is 0 Å². The zero-order valence-electron chi connectivity index (χ0n) is 10.9. The molecule has 3 nitrogen and oxygen atoms in total. The van der Waals surface area contributed by atoms with E-state index in [0.29, 0.717) is 17.7 Å². The summed E-state index contributed by atoms with van der Waals surface area (Å²) in [6.07, 6.45) is 10.9. The van der Waals surface area contributed by atoms with E-state index < -0.39 is 0 Å². The number of nitrogens with two attached hydrogens (primary N) is 1. The van der Waals surface area contributed by atoms with E-state index in [1.54, 1.807) is 0 Å². The van der Waals surface area contributed by atoms with Crippen LogP contribution in [-0.2, 0) is 4.74 Å². The monoisotopic (exact) mass is 238 g/mol. The van der Waals surface area contributed by atoms with Crippen LogP contribution in [0.4, 0.5) is 0 Å². The van der Waals surface area contributed by atoms with Gasteiger partial charge in [0.15, 0.2) is 0 Å². The van der Waals surface area contributed by atoms with Crippen molar-refractivity contribution in [3.63, 3.8) is 0 Å². The molecule has 3 fully saturated rings. The second-order valence-corrected chi connectivity index (χ2v) is 6.33. The summed E-state index contributed by atoms with van der Waals surface area (Å²) in [5.41, 5.74) is 6.33. The average molecular weight is 238 g/mol. The lowest BCUT2D eigenvalue weighted by Crippen LogP contribution is -2.45. The van der Waals surface area contributed by atoms with Crippen molar-refractivity contribution in [1.82, 2.24) is 4.90 Å². The van der Waals surface area contributed by atoms with Crippen LogP contribution in [0, 0.1) is 0 Å². The maximum absolute atomic E-state index is 6.37. The van der Waals surface area contributed by atoms with Gasteiger partial charge in [-0.1, -0.05) is 12.8 Å². The van der Waals surface area contributed by atoms with E-state index in [4.69, 9.17) is 10.5 Å². The highest BCUT2D eigenvalue weighted by Gasteiger charge is 2.42. The highest BCUT2D eigenvalue weighted by Crippen LogP contribution is 2.43. The van der Waals surface area contributed by atoms with Crippen molar-refractivity contribution in [2.24, 2.45) is 5.73 Å². The first-order valence-electron chi connectivity index (χ1n) is 7.42. The number of rotatable bonds is 2. The summed E-state index contributed by atoms with van der Waals surface area (Å²) >= 11 is 0. The molecular weight excluding hydrogens is 212 g/mol. The molecule has 2 saturated heterocycles. The van der Waals surface area contributed by atoms with Gasteiger partial charge in [0.25, 0.3) is 0 Å². The molecule has 0 aromatic carbocycles. The highest BCUT2D eigenvalue weighted by molar-refractivity contribution is 4.93. The zero-order valence-corrected chi connectivity index (χ0v) is 10.9. The van der Waals surface area contributed by atoms with Crippen molar-refractivity contribution in [2.45, 2.75) is 69.1 Å². The maximum Gasteiger partial charge on any atom is 0.0710 e. The van der Waals surface area contributed by atoms with Gasteiger partial charge in [0, 0.05) is 19.1 Å². The molecule has 0 radical (unpaired) electrons. The smallest absolute Gasteiger partial charge is 0.0710 e. The van der Waals surface area contributed by atoms with E-state index in [9.17, 15) is 0 Å². The van der Waals surface area contributed by atoms with Crippen molar-refractivity contribution in [3.8, 4) is 0 Å². The number of piperidine rings is 1. The Labute approximate surface area is 105 Å². The van der Waals surface area contributed by atoms with E-state index in [1.807, 2.05) is 0 Å². The van der Waals surface area contributed by atoms with Gasteiger partial charge in [-0.05, 0) is 45.1 Å². The lowest BCUT2D eigenvalue weighted by molar-refractivity contribution is -0.0492. The van der Waals surface area contributed by atoms with E-state index in [0.717, 1.165) is 13.1 Å². The standard InChI is InChI=1S/C14H26N2O/c15-12-4-3-9-16(10-12)11-13-5-8-14(17-13)6-1-2-7-14/h12-13H,1-11,15H2. The summed E-state index contributed by atoms with van der Waals surface area (Å²) in [4.78, 5) is 2.52. The fourth-order valence-electron chi connectivity index (χ4n) is 3.96. The first-order valence-corrected chi connectivity index (χ1v) is 7.42. The van der Waals surface area contributed by atoms with E-state index in [-0.39, 0.29) is 0 Å². The molecule has 17 heavy (non-hydrogen) atoms. The summed E-state index contributed by atoms with van der Waals surface area (Å²) in [6.45, 7) is 3.42. The normalized spacial score (nSPS) is 37.9. The first-order chi connectivity index (χ1) is 8.26. The minimum Gasteiger partial charge on any atom is -0.370 e. The summed E-state index contributed by atoms with van der Waals surface area (Å²) in [6, 6.07) is 0.394. The van der Waals surface area contributed by atoms with Crippen LogP contribution in [0.3, 0.4) is 0 Å². The van der Waals surface area contributed by atoms with Crippen LogP contribution in [0.2, 0.25) is 0 Å². The second kappa shape index (κ2) is 4.87. The molecule has 2 unspecified atom stereocenters. The van der Waals surface area contributed by atoms with Gasteiger partial charge in [-0.3, -0.25) is 4.90 Å². The Morgan fingerprint density at radius 2 is 1.94 bits per heavy atom. The second-order valence-electron chi connectivity index (χ2n) is 6.33. The van der Waals surface area contributed by atoms with Crippen LogP contribution in [-0.4, -0.2) is 42.3 Å². The minimum absolute atomic E-state index is 0.294. The van der Waals surface area contributed by atoms with E-state index in [2.05, 4.69) is 4.90 Å². The molecule has 1 spiro atoms.